The van der Waals surface area contributed by atoms with Crippen LogP contribution in [0.1, 0.15) is 37.0 Å². The highest BCUT2D eigenvalue weighted by Crippen LogP contribution is 2.25. The lowest BCUT2D eigenvalue weighted by Crippen LogP contribution is -2.24. The Balaban J connectivity index is 3.13. The molecule has 0 atom stereocenters. The van der Waals surface area contributed by atoms with Gasteiger partial charge in [-0.2, -0.15) is 0 Å². The predicted octanol–water partition coefficient (Wildman–Crippen LogP) is 2.92. The third kappa shape index (κ3) is 3.67. The van der Waals surface area contributed by atoms with Gasteiger partial charge in [-0.15, -0.1) is 0 Å². The van der Waals surface area contributed by atoms with Gasteiger partial charge in [-0.05, 0) is 25.5 Å². The van der Waals surface area contributed by atoms with E-state index in [1.807, 2.05) is 11.8 Å². The molecule has 0 heterocycles. The van der Waals surface area contributed by atoms with E-state index in [0.29, 0.717) is 5.69 Å². The van der Waals surface area contributed by atoms with Crippen molar-refractivity contribution in [1.29, 1.82) is 0 Å². The largest absolute Gasteiger partial charge is 0.477 e. The Labute approximate surface area is 111 Å². The number of unbranched alkanes of at least 4 members (excludes halogenated alkanes) is 1. The van der Waals surface area contributed by atoms with E-state index in [0.717, 1.165) is 25.9 Å². The monoisotopic (exact) mass is 266 g/mol. The van der Waals surface area contributed by atoms with Crippen LogP contribution in [-0.2, 0) is 0 Å². The summed E-state index contributed by atoms with van der Waals surface area (Å²) < 4.78 is 0. The summed E-state index contributed by atoms with van der Waals surface area (Å²) in [5.74, 6) is -1.28. The summed E-state index contributed by atoms with van der Waals surface area (Å²) in [5, 5.41) is 19.8. The summed E-state index contributed by atoms with van der Waals surface area (Å²) in [4.78, 5) is 23.2. The molecule has 0 spiro atoms. The standard InChI is InChI=1S/C13H18N2O4/c1-3-5-8-14(4-2)10-6-7-12(15(18)19)11(9-10)13(16)17/h6-7,9H,3-5,8H2,1-2H3,(H,16,17). The van der Waals surface area contributed by atoms with Crippen LogP contribution in [0.5, 0.6) is 0 Å². The first-order valence-corrected chi connectivity index (χ1v) is 6.27. The van der Waals surface area contributed by atoms with Crippen LogP contribution >= 0.6 is 0 Å². The van der Waals surface area contributed by atoms with Crippen LogP contribution < -0.4 is 4.90 Å². The van der Waals surface area contributed by atoms with Gasteiger partial charge in [0, 0.05) is 24.8 Å². The number of carbonyl (C=O) groups is 1. The predicted molar refractivity (Wildman–Crippen MR) is 72.9 cm³/mol. The van der Waals surface area contributed by atoms with Crippen molar-refractivity contribution in [3.05, 3.63) is 33.9 Å². The van der Waals surface area contributed by atoms with Crippen molar-refractivity contribution in [3.63, 3.8) is 0 Å². The molecular weight excluding hydrogens is 248 g/mol. The van der Waals surface area contributed by atoms with Gasteiger partial charge >= 0.3 is 5.97 Å². The van der Waals surface area contributed by atoms with Crippen LogP contribution in [0.3, 0.4) is 0 Å². The number of nitro groups is 1. The van der Waals surface area contributed by atoms with E-state index >= 15 is 0 Å². The summed E-state index contributed by atoms with van der Waals surface area (Å²) >= 11 is 0. The van der Waals surface area contributed by atoms with Crippen molar-refractivity contribution < 1.29 is 14.8 Å². The smallest absolute Gasteiger partial charge is 0.342 e. The Kier molecular flexibility index (Phi) is 5.29. The van der Waals surface area contributed by atoms with Crippen molar-refractivity contribution in [2.24, 2.45) is 0 Å². The van der Waals surface area contributed by atoms with Crippen LogP contribution in [0, 0.1) is 10.1 Å². The fraction of sp³-hybridized carbons (Fsp3) is 0.462. The number of nitrogens with zero attached hydrogens (tertiary/aromatic N) is 2. The Morgan fingerprint density at radius 1 is 1.42 bits per heavy atom. The van der Waals surface area contributed by atoms with Crippen molar-refractivity contribution in [2.75, 3.05) is 18.0 Å². The fourth-order valence-electron chi connectivity index (χ4n) is 1.87. The summed E-state index contributed by atoms with van der Waals surface area (Å²) in [5.41, 5.74) is 0.0687. The van der Waals surface area contributed by atoms with E-state index in [9.17, 15) is 14.9 Å². The quantitative estimate of drug-likeness (QED) is 0.606. The van der Waals surface area contributed by atoms with Crippen molar-refractivity contribution >= 4 is 17.3 Å². The second kappa shape index (κ2) is 6.72. The van der Waals surface area contributed by atoms with Crippen molar-refractivity contribution in [3.8, 4) is 0 Å². The molecule has 1 aromatic carbocycles. The number of nitro benzene ring substituents is 1. The number of benzene rings is 1. The van der Waals surface area contributed by atoms with Gasteiger partial charge in [0.1, 0.15) is 5.56 Å². The zero-order chi connectivity index (χ0) is 14.4. The summed E-state index contributed by atoms with van der Waals surface area (Å²) in [6, 6.07) is 4.23. The minimum atomic E-state index is -1.28. The maximum Gasteiger partial charge on any atom is 0.342 e. The van der Waals surface area contributed by atoms with Crippen LogP contribution in [0.25, 0.3) is 0 Å². The third-order valence-electron chi connectivity index (χ3n) is 2.94. The van der Waals surface area contributed by atoms with Crippen LogP contribution in [-0.4, -0.2) is 29.1 Å². The Bertz CT molecular complexity index is 474. The highest BCUT2D eigenvalue weighted by atomic mass is 16.6. The molecule has 0 aromatic heterocycles. The van der Waals surface area contributed by atoms with Crippen LogP contribution in [0.2, 0.25) is 0 Å². The van der Waals surface area contributed by atoms with Gasteiger partial charge in [-0.1, -0.05) is 13.3 Å². The van der Waals surface area contributed by atoms with Crippen LogP contribution in [0.4, 0.5) is 11.4 Å². The topological polar surface area (TPSA) is 83.7 Å². The first-order valence-electron chi connectivity index (χ1n) is 6.27. The Morgan fingerprint density at radius 3 is 2.58 bits per heavy atom. The molecule has 0 aliphatic carbocycles. The second-order valence-electron chi connectivity index (χ2n) is 4.20. The molecule has 0 saturated heterocycles. The normalized spacial score (nSPS) is 10.2. The zero-order valence-electron chi connectivity index (χ0n) is 11.1. The second-order valence-corrected chi connectivity index (χ2v) is 4.20. The summed E-state index contributed by atoms with van der Waals surface area (Å²) in [7, 11) is 0. The van der Waals surface area contributed by atoms with E-state index in [1.165, 1.54) is 12.1 Å². The van der Waals surface area contributed by atoms with Gasteiger partial charge in [0.05, 0.1) is 4.92 Å². The maximum absolute atomic E-state index is 11.1. The average Bonchev–Trinajstić information content (AvgIpc) is 2.39. The molecule has 1 rings (SSSR count). The lowest BCUT2D eigenvalue weighted by Gasteiger charge is -2.23. The lowest BCUT2D eigenvalue weighted by atomic mass is 10.1. The van der Waals surface area contributed by atoms with E-state index < -0.39 is 10.9 Å². The number of carboxylic acids is 1. The number of aromatic carboxylic acids is 1. The van der Waals surface area contributed by atoms with E-state index in [4.69, 9.17) is 5.11 Å². The molecule has 19 heavy (non-hydrogen) atoms. The van der Waals surface area contributed by atoms with Crippen LogP contribution in [0.15, 0.2) is 18.2 Å². The summed E-state index contributed by atoms with van der Waals surface area (Å²) in [6.07, 6.45) is 2.03. The molecule has 0 unspecified atom stereocenters. The molecule has 0 aliphatic heterocycles. The summed E-state index contributed by atoms with van der Waals surface area (Å²) in [6.45, 7) is 5.59. The minimum Gasteiger partial charge on any atom is -0.477 e. The Morgan fingerprint density at radius 2 is 2.11 bits per heavy atom. The number of carboxylic acid groups (broad SMARTS) is 1. The molecule has 0 amide bonds. The molecule has 104 valence electrons. The molecule has 0 radical (unpaired) electrons. The number of hydrogen-bond acceptors (Lipinski definition) is 4. The molecule has 1 N–H and O–H groups in total. The molecule has 0 saturated carbocycles. The highest BCUT2D eigenvalue weighted by Gasteiger charge is 2.21. The minimum absolute atomic E-state index is 0.266. The fourth-order valence-corrected chi connectivity index (χ4v) is 1.87. The third-order valence-corrected chi connectivity index (χ3v) is 2.94. The lowest BCUT2D eigenvalue weighted by molar-refractivity contribution is -0.385. The van der Waals surface area contributed by atoms with Crippen molar-refractivity contribution in [1.82, 2.24) is 0 Å². The van der Waals surface area contributed by atoms with Gasteiger partial charge in [0.15, 0.2) is 0 Å². The molecule has 0 aliphatic rings. The molecule has 6 nitrogen and oxygen atoms in total. The number of hydrogen-bond donors (Lipinski definition) is 1. The number of rotatable bonds is 7. The molecule has 0 fully saturated rings. The molecule has 6 heteroatoms. The van der Waals surface area contributed by atoms with Gasteiger partial charge in [0.25, 0.3) is 5.69 Å². The number of anilines is 1. The molecule has 1 aromatic rings. The van der Waals surface area contributed by atoms with E-state index in [2.05, 4.69) is 6.92 Å². The van der Waals surface area contributed by atoms with Gasteiger partial charge in [-0.3, -0.25) is 10.1 Å². The van der Waals surface area contributed by atoms with Gasteiger partial charge < -0.3 is 10.0 Å². The molecule has 0 bridgehead atoms. The highest BCUT2D eigenvalue weighted by molar-refractivity contribution is 5.93. The zero-order valence-corrected chi connectivity index (χ0v) is 11.1. The van der Waals surface area contributed by atoms with Crippen molar-refractivity contribution in [2.45, 2.75) is 26.7 Å². The maximum atomic E-state index is 11.1. The first kappa shape index (κ1) is 14.9. The van der Waals surface area contributed by atoms with E-state index in [-0.39, 0.29) is 11.3 Å². The van der Waals surface area contributed by atoms with Gasteiger partial charge in [-0.25, -0.2) is 4.79 Å². The SMILES string of the molecule is CCCCN(CC)c1ccc([N+](=O)[O-])c(C(=O)O)c1. The van der Waals surface area contributed by atoms with E-state index in [1.54, 1.807) is 6.07 Å². The van der Waals surface area contributed by atoms with Gasteiger partial charge in [0.2, 0.25) is 0 Å². The average molecular weight is 266 g/mol. The molecular formula is C13H18N2O4. The Hall–Kier alpha value is -2.11. The first-order chi connectivity index (χ1) is 9.01.